The summed E-state index contributed by atoms with van der Waals surface area (Å²) in [6.07, 6.45) is 0. The lowest BCUT2D eigenvalue weighted by molar-refractivity contribution is 0.305. The molecular weight excluding hydrogens is 364 g/mol. The van der Waals surface area contributed by atoms with Crippen LogP contribution in [0.1, 0.15) is 29.9 Å². The zero-order valence-corrected chi connectivity index (χ0v) is 17.1. The predicted octanol–water partition coefficient (Wildman–Crippen LogP) is 5.14. The molecule has 0 N–H and O–H groups in total. The summed E-state index contributed by atoms with van der Waals surface area (Å²) in [5.41, 5.74) is 3.57. The minimum absolute atomic E-state index is 0.145. The topological polar surface area (TPSA) is 34.0 Å². The SMILES string of the molecule is Cc1cccc(CSc2nnc(C(C)N(C)C)n2-c2ccc(Cl)cc2)c1. The maximum Gasteiger partial charge on any atom is 0.196 e. The average molecular weight is 387 g/mol. The molecule has 1 atom stereocenters. The highest BCUT2D eigenvalue weighted by molar-refractivity contribution is 7.98. The molecule has 0 fully saturated rings. The summed E-state index contributed by atoms with van der Waals surface area (Å²) in [4.78, 5) is 2.13. The smallest absolute Gasteiger partial charge is 0.196 e. The van der Waals surface area contributed by atoms with E-state index in [0.717, 1.165) is 27.4 Å². The fourth-order valence-electron chi connectivity index (χ4n) is 2.66. The Bertz CT molecular complexity index is 874. The number of benzene rings is 2. The first kappa shape index (κ1) is 19.0. The number of aromatic nitrogens is 3. The Kier molecular flexibility index (Phi) is 6.01. The zero-order chi connectivity index (χ0) is 18.7. The minimum atomic E-state index is 0.145. The highest BCUT2D eigenvalue weighted by Gasteiger charge is 2.21. The summed E-state index contributed by atoms with van der Waals surface area (Å²) in [7, 11) is 4.09. The molecule has 1 heterocycles. The molecule has 0 aliphatic heterocycles. The van der Waals surface area contributed by atoms with Crippen LogP contribution in [0.2, 0.25) is 5.02 Å². The maximum absolute atomic E-state index is 6.07. The van der Waals surface area contributed by atoms with E-state index >= 15 is 0 Å². The lowest BCUT2D eigenvalue weighted by Crippen LogP contribution is -2.20. The molecule has 136 valence electrons. The van der Waals surface area contributed by atoms with E-state index in [4.69, 9.17) is 11.6 Å². The molecule has 0 radical (unpaired) electrons. The van der Waals surface area contributed by atoms with Crippen LogP contribution >= 0.6 is 23.4 Å². The maximum atomic E-state index is 6.07. The van der Waals surface area contributed by atoms with E-state index in [0.29, 0.717) is 0 Å². The third-order valence-corrected chi connectivity index (χ3v) is 5.59. The number of rotatable bonds is 6. The summed E-state index contributed by atoms with van der Waals surface area (Å²) < 4.78 is 2.13. The Labute approximate surface area is 164 Å². The lowest BCUT2D eigenvalue weighted by atomic mass is 10.2. The van der Waals surface area contributed by atoms with Crippen LogP contribution in [0.15, 0.2) is 53.7 Å². The average Bonchev–Trinajstić information content (AvgIpc) is 3.03. The molecule has 26 heavy (non-hydrogen) atoms. The van der Waals surface area contributed by atoms with Crippen LogP contribution in [-0.4, -0.2) is 33.8 Å². The summed E-state index contributed by atoms with van der Waals surface area (Å²) in [5.74, 6) is 1.77. The van der Waals surface area contributed by atoms with E-state index in [-0.39, 0.29) is 6.04 Å². The fraction of sp³-hybridized carbons (Fsp3) is 0.300. The molecule has 2 aromatic carbocycles. The summed E-state index contributed by atoms with van der Waals surface area (Å²) in [6, 6.07) is 16.5. The van der Waals surface area contributed by atoms with Gasteiger partial charge in [0.2, 0.25) is 0 Å². The van der Waals surface area contributed by atoms with E-state index in [1.54, 1.807) is 11.8 Å². The van der Waals surface area contributed by atoms with Crippen LogP contribution in [0.5, 0.6) is 0 Å². The zero-order valence-electron chi connectivity index (χ0n) is 15.5. The number of thioether (sulfide) groups is 1. The monoisotopic (exact) mass is 386 g/mol. The number of halogens is 1. The summed E-state index contributed by atoms with van der Waals surface area (Å²) >= 11 is 7.76. The van der Waals surface area contributed by atoms with Crippen molar-refractivity contribution in [3.05, 3.63) is 70.5 Å². The van der Waals surface area contributed by atoms with Gasteiger partial charge in [0.1, 0.15) is 0 Å². The second-order valence-electron chi connectivity index (χ2n) is 6.57. The van der Waals surface area contributed by atoms with Crippen LogP contribution in [0.25, 0.3) is 5.69 Å². The van der Waals surface area contributed by atoms with Gasteiger partial charge in [-0.1, -0.05) is 53.2 Å². The van der Waals surface area contributed by atoms with Gasteiger partial charge in [0.05, 0.1) is 6.04 Å². The van der Waals surface area contributed by atoms with Crippen LogP contribution in [0.4, 0.5) is 0 Å². The summed E-state index contributed by atoms with van der Waals surface area (Å²) in [6.45, 7) is 4.24. The summed E-state index contributed by atoms with van der Waals surface area (Å²) in [5, 5.41) is 10.6. The van der Waals surface area contributed by atoms with Gasteiger partial charge in [0.25, 0.3) is 0 Å². The van der Waals surface area contributed by atoms with Gasteiger partial charge in [-0.05, 0) is 57.8 Å². The molecule has 0 aliphatic carbocycles. The van der Waals surface area contributed by atoms with Crippen molar-refractivity contribution >= 4 is 23.4 Å². The van der Waals surface area contributed by atoms with Gasteiger partial charge in [-0.2, -0.15) is 0 Å². The predicted molar refractivity (Wildman–Crippen MR) is 109 cm³/mol. The molecule has 3 aromatic rings. The first-order valence-electron chi connectivity index (χ1n) is 8.51. The Balaban J connectivity index is 1.95. The van der Waals surface area contributed by atoms with Crippen molar-refractivity contribution in [2.75, 3.05) is 14.1 Å². The first-order chi connectivity index (χ1) is 12.5. The lowest BCUT2D eigenvalue weighted by Gasteiger charge is -2.20. The molecule has 4 nitrogen and oxygen atoms in total. The first-order valence-corrected chi connectivity index (χ1v) is 9.88. The molecule has 0 aliphatic rings. The van der Waals surface area contributed by atoms with Crippen molar-refractivity contribution < 1.29 is 0 Å². The number of hydrogen-bond donors (Lipinski definition) is 0. The molecule has 0 saturated heterocycles. The van der Waals surface area contributed by atoms with E-state index in [9.17, 15) is 0 Å². The van der Waals surface area contributed by atoms with Crippen molar-refractivity contribution in [1.29, 1.82) is 0 Å². The Morgan fingerprint density at radius 3 is 2.50 bits per heavy atom. The van der Waals surface area contributed by atoms with Gasteiger partial charge >= 0.3 is 0 Å². The van der Waals surface area contributed by atoms with Crippen molar-refractivity contribution in [2.24, 2.45) is 0 Å². The van der Waals surface area contributed by atoms with E-state index < -0.39 is 0 Å². The highest BCUT2D eigenvalue weighted by atomic mass is 35.5. The third-order valence-electron chi connectivity index (χ3n) is 4.34. The van der Waals surface area contributed by atoms with Crippen LogP contribution in [-0.2, 0) is 5.75 Å². The minimum Gasteiger partial charge on any atom is -0.300 e. The Morgan fingerprint density at radius 2 is 1.85 bits per heavy atom. The number of nitrogens with zero attached hydrogens (tertiary/aromatic N) is 4. The molecule has 3 rings (SSSR count). The van der Waals surface area contributed by atoms with Crippen LogP contribution in [0.3, 0.4) is 0 Å². The normalized spacial score (nSPS) is 12.5. The Hall–Kier alpha value is -1.82. The van der Waals surface area contributed by atoms with Gasteiger partial charge in [0.15, 0.2) is 11.0 Å². The molecule has 1 aromatic heterocycles. The van der Waals surface area contributed by atoms with Crippen molar-refractivity contribution in [3.63, 3.8) is 0 Å². The molecule has 0 bridgehead atoms. The van der Waals surface area contributed by atoms with Crippen molar-refractivity contribution in [2.45, 2.75) is 30.8 Å². The third kappa shape index (κ3) is 4.29. The standard InChI is InChI=1S/C20H23ClN4S/c1-14-6-5-7-16(12-14)13-26-20-23-22-19(15(2)24(3)4)25(20)18-10-8-17(21)9-11-18/h5-12,15H,13H2,1-4H3. The van der Waals surface area contributed by atoms with E-state index in [2.05, 4.69) is 57.8 Å². The van der Waals surface area contributed by atoms with Gasteiger partial charge in [0, 0.05) is 16.5 Å². The van der Waals surface area contributed by atoms with Gasteiger partial charge in [-0.3, -0.25) is 9.47 Å². The molecule has 0 amide bonds. The molecular formula is C20H23ClN4S. The van der Waals surface area contributed by atoms with Crippen molar-refractivity contribution in [3.8, 4) is 5.69 Å². The highest BCUT2D eigenvalue weighted by Crippen LogP contribution is 2.29. The van der Waals surface area contributed by atoms with Crippen LogP contribution < -0.4 is 0 Å². The largest absolute Gasteiger partial charge is 0.300 e. The van der Waals surface area contributed by atoms with Gasteiger partial charge < -0.3 is 0 Å². The molecule has 0 spiro atoms. The molecule has 0 saturated carbocycles. The Morgan fingerprint density at radius 1 is 1.12 bits per heavy atom. The van der Waals surface area contributed by atoms with E-state index in [1.807, 2.05) is 38.4 Å². The second-order valence-corrected chi connectivity index (χ2v) is 7.95. The molecule has 6 heteroatoms. The van der Waals surface area contributed by atoms with E-state index in [1.165, 1.54) is 11.1 Å². The molecule has 1 unspecified atom stereocenters. The number of aryl methyl sites for hydroxylation is 1. The number of hydrogen-bond acceptors (Lipinski definition) is 4. The van der Waals surface area contributed by atoms with Gasteiger partial charge in [-0.25, -0.2) is 0 Å². The quantitative estimate of drug-likeness (QED) is 0.549. The second kappa shape index (κ2) is 8.25. The van der Waals surface area contributed by atoms with Gasteiger partial charge in [-0.15, -0.1) is 10.2 Å². The van der Waals surface area contributed by atoms with Crippen LogP contribution in [0, 0.1) is 6.92 Å². The van der Waals surface area contributed by atoms with Crippen molar-refractivity contribution in [1.82, 2.24) is 19.7 Å². The fourth-order valence-corrected chi connectivity index (χ4v) is 3.69.